The van der Waals surface area contributed by atoms with Crippen LogP contribution in [0.4, 0.5) is 5.69 Å². The molecule has 4 rings (SSSR count). The molecule has 2 aromatic carbocycles. The van der Waals surface area contributed by atoms with Crippen molar-refractivity contribution in [3.05, 3.63) is 63.4 Å². The molecular weight excluding hydrogens is 410 g/mol. The molecule has 1 aliphatic heterocycles. The standard InChI is InChI=1S/C21H17NO9/c1-2-27-21(24)19-14(12-5-3-4-6-16(12)31-19)11-30-20(23)13-9-17-18(29-8-7-28-17)10-15(13)22(25)26/h3-6,9-10H,2,7-8,11H2,1H3. The normalized spacial score (nSPS) is 12.4. The van der Waals surface area contributed by atoms with Gasteiger partial charge in [0.25, 0.3) is 5.69 Å². The van der Waals surface area contributed by atoms with E-state index in [1.54, 1.807) is 31.2 Å². The SMILES string of the molecule is CCOC(=O)c1oc2ccccc2c1COC(=O)c1cc2c(cc1[N+](=O)[O-])OCCO2. The van der Waals surface area contributed by atoms with Gasteiger partial charge in [0.05, 0.1) is 23.2 Å². The first kappa shape index (κ1) is 20.2. The number of nitro benzene ring substituents is 1. The largest absolute Gasteiger partial charge is 0.486 e. The summed E-state index contributed by atoms with van der Waals surface area (Å²) in [6, 6.07) is 9.18. The van der Waals surface area contributed by atoms with Gasteiger partial charge in [-0.05, 0) is 13.0 Å². The zero-order valence-electron chi connectivity index (χ0n) is 16.4. The predicted molar refractivity (Wildman–Crippen MR) is 105 cm³/mol. The maximum absolute atomic E-state index is 12.7. The number of nitro groups is 1. The number of fused-ring (bicyclic) bond motifs is 2. The molecule has 1 aromatic heterocycles. The number of rotatable bonds is 6. The monoisotopic (exact) mass is 427 g/mol. The Balaban J connectivity index is 1.65. The summed E-state index contributed by atoms with van der Waals surface area (Å²) in [5, 5.41) is 12.0. The number of ether oxygens (including phenoxy) is 4. The first-order chi connectivity index (χ1) is 15.0. The fraction of sp³-hybridized carbons (Fsp3) is 0.238. The van der Waals surface area contributed by atoms with E-state index in [4.69, 9.17) is 23.4 Å². The Bertz CT molecular complexity index is 1180. The number of hydrogen-bond donors (Lipinski definition) is 0. The average Bonchev–Trinajstić information content (AvgIpc) is 3.15. The van der Waals surface area contributed by atoms with Gasteiger partial charge < -0.3 is 23.4 Å². The first-order valence-electron chi connectivity index (χ1n) is 9.42. The number of hydrogen-bond acceptors (Lipinski definition) is 9. The summed E-state index contributed by atoms with van der Waals surface area (Å²) in [4.78, 5) is 35.8. The third-order valence-electron chi connectivity index (χ3n) is 4.58. The predicted octanol–water partition coefficient (Wildman–Crippen LogP) is 3.65. The van der Waals surface area contributed by atoms with Crippen LogP contribution in [0.1, 0.15) is 33.4 Å². The van der Waals surface area contributed by atoms with Gasteiger partial charge >= 0.3 is 11.9 Å². The third-order valence-corrected chi connectivity index (χ3v) is 4.58. The Labute approximate surface area is 175 Å². The molecule has 0 fully saturated rings. The van der Waals surface area contributed by atoms with Crippen molar-refractivity contribution in [1.29, 1.82) is 0 Å². The summed E-state index contributed by atoms with van der Waals surface area (Å²) in [5.74, 6) is -1.35. The van der Waals surface area contributed by atoms with E-state index < -0.39 is 22.5 Å². The minimum absolute atomic E-state index is 0.0903. The highest BCUT2D eigenvalue weighted by Crippen LogP contribution is 2.37. The van der Waals surface area contributed by atoms with E-state index in [1.807, 2.05) is 0 Å². The van der Waals surface area contributed by atoms with Gasteiger partial charge in [-0.25, -0.2) is 9.59 Å². The van der Waals surface area contributed by atoms with Crippen LogP contribution in [0.2, 0.25) is 0 Å². The number of esters is 2. The molecule has 0 amide bonds. The van der Waals surface area contributed by atoms with Gasteiger partial charge in [-0.15, -0.1) is 0 Å². The van der Waals surface area contributed by atoms with Crippen molar-refractivity contribution in [3.8, 4) is 11.5 Å². The Kier molecular flexibility index (Phi) is 5.44. The lowest BCUT2D eigenvalue weighted by molar-refractivity contribution is -0.385. The first-order valence-corrected chi connectivity index (χ1v) is 9.42. The zero-order valence-corrected chi connectivity index (χ0v) is 16.4. The lowest BCUT2D eigenvalue weighted by atomic mass is 10.1. The van der Waals surface area contributed by atoms with Crippen LogP contribution in [0.25, 0.3) is 11.0 Å². The second-order valence-corrected chi connectivity index (χ2v) is 6.47. The van der Waals surface area contributed by atoms with E-state index in [0.717, 1.165) is 6.07 Å². The van der Waals surface area contributed by atoms with Crippen LogP contribution in [0.5, 0.6) is 11.5 Å². The molecule has 31 heavy (non-hydrogen) atoms. The summed E-state index contributed by atoms with van der Waals surface area (Å²) in [5.41, 5.74) is -0.0406. The van der Waals surface area contributed by atoms with Gasteiger partial charge in [0, 0.05) is 11.5 Å². The van der Waals surface area contributed by atoms with Crippen LogP contribution in [0.15, 0.2) is 40.8 Å². The molecule has 0 saturated carbocycles. The van der Waals surface area contributed by atoms with E-state index in [2.05, 4.69) is 0 Å². The minimum Gasteiger partial charge on any atom is -0.486 e. The van der Waals surface area contributed by atoms with Gasteiger partial charge in [-0.2, -0.15) is 0 Å². The highest BCUT2D eigenvalue weighted by atomic mass is 16.6. The van der Waals surface area contributed by atoms with Crippen molar-refractivity contribution in [1.82, 2.24) is 0 Å². The van der Waals surface area contributed by atoms with E-state index in [-0.39, 0.29) is 49.3 Å². The Morgan fingerprint density at radius 2 is 1.77 bits per heavy atom. The molecule has 10 nitrogen and oxygen atoms in total. The fourth-order valence-corrected chi connectivity index (χ4v) is 3.21. The number of carbonyl (C=O) groups is 2. The van der Waals surface area contributed by atoms with E-state index in [0.29, 0.717) is 16.5 Å². The molecule has 0 radical (unpaired) electrons. The van der Waals surface area contributed by atoms with Crippen molar-refractivity contribution in [2.24, 2.45) is 0 Å². The van der Waals surface area contributed by atoms with Crippen LogP contribution < -0.4 is 9.47 Å². The molecule has 0 unspecified atom stereocenters. The van der Waals surface area contributed by atoms with Crippen LogP contribution >= 0.6 is 0 Å². The molecule has 160 valence electrons. The second-order valence-electron chi connectivity index (χ2n) is 6.47. The van der Waals surface area contributed by atoms with Crippen LogP contribution in [0, 0.1) is 10.1 Å². The van der Waals surface area contributed by atoms with Crippen molar-refractivity contribution >= 4 is 28.6 Å². The maximum atomic E-state index is 12.7. The molecule has 3 aromatic rings. The average molecular weight is 427 g/mol. The summed E-state index contributed by atoms with van der Waals surface area (Å²) in [7, 11) is 0. The Morgan fingerprint density at radius 3 is 2.48 bits per heavy atom. The van der Waals surface area contributed by atoms with Crippen LogP contribution in [-0.2, 0) is 16.1 Å². The number of benzene rings is 2. The smallest absolute Gasteiger partial charge is 0.374 e. The molecule has 0 atom stereocenters. The maximum Gasteiger partial charge on any atom is 0.374 e. The van der Waals surface area contributed by atoms with Crippen molar-refractivity contribution in [2.75, 3.05) is 19.8 Å². The van der Waals surface area contributed by atoms with E-state index in [9.17, 15) is 19.7 Å². The molecule has 0 spiro atoms. The highest BCUT2D eigenvalue weighted by molar-refractivity contribution is 5.97. The molecule has 0 bridgehead atoms. The minimum atomic E-state index is -0.955. The van der Waals surface area contributed by atoms with Crippen molar-refractivity contribution in [3.63, 3.8) is 0 Å². The van der Waals surface area contributed by atoms with Crippen molar-refractivity contribution in [2.45, 2.75) is 13.5 Å². The van der Waals surface area contributed by atoms with Crippen LogP contribution in [-0.4, -0.2) is 36.7 Å². The Morgan fingerprint density at radius 1 is 1.06 bits per heavy atom. The summed E-state index contributed by atoms with van der Waals surface area (Å²) >= 11 is 0. The van der Waals surface area contributed by atoms with Gasteiger partial charge in [0.1, 0.15) is 31.0 Å². The number of nitrogens with zero attached hydrogens (tertiary/aromatic N) is 1. The summed E-state index contributed by atoms with van der Waals surface area (Å²) in [6.07, 6.45) is 0. The molecule has 10 heteroatoms. The summed E-state index contributed by atoms with van der Waals surface area (Å²) < 4.78 is 26.6. The van der Waals surface area contributed by atoms with E-state index in [1.165, 1.54) is 6.07 Å². The lowest BCUT2D eigenvalue weighted by Gasteiger charge is -2.18. The van der Waals surface area contributed by atoms with Crippen molar-refractivity contribution < 1.29 is 37.9 Å². The molecule has 2 heterocycles. The quantitative estimate of drug-likeness (QED) is 0.329. The highest BCUT2D eigenvalue weighted by Gasteiger charge is 2.29. The fourth-order valence-electron chi connectivity index (χ4n) is 3.21. The molecule has 0 N–H and O–H groups in total. The van der Waals surface area contributed by atoms with Gasteiger partial charge in [0.2, 0.25) is 5.76 Å². The summed E-state index contributed by atoms with van der Waals surface area (Å²) in [6.45, 7) is 1.94. The molecule has 0 aliphatic carbocycles. The number of para-hydroxylation sites is 1. The molecule has 1 aliphatic rings. The lowest BCUT2D eigenvalue weighted by Crippen LogP contribution is -2.17. The molecular formula is C21H17NO9. The Hall–Kier alpha value is -4.08. The van der Waals surface area contributed by atoms with Gasteiger partial charge in [-0.1, -0.05) is 18.2 Å². The van der Waals surface area contributed by atoms with Gasteiger partial charge in [-0.3, -0.25) is 10.1 Å². The van der Waals surface area contributed by atoms with E-state index >= 15 is 0 Å². The number of carbonyl (C=O) groups excluding carboxylic acids is 2. The zero-order chi connectivity index (χ0) is 22.0. The number of furan rings is 1. The van der Waals surface area contributed by atoms with Gasteiger partial charge in [0.15, 0.2) is 11.5 Å². The third kappa shape index (κ3) is 3.87. The van der Waals surface area contributed by atoms with Crippen LogP contribution in [0.3, 0.4) is 0 Å². The topological polar surface area (TPSA) is 127 Å². The molecule has 0 saturated heterocycles. The second kappa shape index (κ2) is 8.34.